The van der Waals surface area contributed by atoms with E-state index in [1.54, 1.807) is 0 Å². The molecule has 0 aliphatic heterocycles. The third kappa shape index (κ3) is 2.33. The Balaban J connectivity index is 1.92. The molecule has 3 nitrogen and oxygen atoms in total. The molecule has 0 aliphatic rings. The van der Waals surface area contributed by atoms with Gasteiger partial charge >= 0.3 is 0 Å². The van der Waals surface area contributed by atoms with Gasteiger partial charge in [-0.2, -0.15) is 5.10 Å². The van der Waals surface area contributed by atoms with Crippen molar-refractivity contribution in [2.45, 2.75) is 33.9 Å². The molecular formula is C12H17N3S. The third-order valence-electron chi connectivity index (χ3n) is 2.84. The fourth-order valence-corrected chi connectivity index (χ4v) is 2.60. The van der Waals surface area contributed by atoms with Crippen LogP contribution in [0.25, 0.3) is 0 Å². The van der Waals surface area contributed by atoms with Gasteiger partial charge in [0, 0.05) is 29.2 Å². The normalized spacial score (nSPS) is 10.9. The van der Waals surface area contributed by atoms with Crippen molar-refractivity contribution in [1.29, 1.82) is 0 Å². The number of nitrogens with one attached hydrogen (secondary N) is 2. The second kappa shape index (κ2) is 4.80. The molecule has 0 bridgehead atoms. The molecule has 2 aromatic heterocycles. The zero-order chi connectivity index (χ0) is 11.5. The van der Waals surface area contributed by atoms with Gasteiger partial charge in [-0.25, -0.2) is 0 Å². The molecule has 2 rings (SSSR count). The van der Waals surface area contributed by atoms with Crippen molar-refractivity contribution in [3.05, 3.63) is 38.8 Å². The van der Waals surface area contributed by atoms with Crippen LogP contribution in [0.5, 0.6) is 0 Å². The van der Waals surface area contributed by atoms with Gasteiger partial charge in [0.05, 0.1) is 5.69 Å². The molecule has 0 saturated carbocycles. The van der Waals surface area contributed by atoms with Crippen LogP contribution in [0.4, 0.5) is 0 Å². The van der Waals surface area contributed by atoms with Crippen LogP contribution in [0.2, 0.25) is 0 Å². The largest absolute Gasteiger partial charge is 0.308 e. The number of H-pyrrole nitrogens is 1. The number of aryl methyl sites for hydroxylation is 3. The van der Waals surface area contributed by atoms with Crippen molar-refractivity contribution in [2.24, 2.45) is 0 Å². The molecule has 0 spiro atoms. The summed E-state index contributed by atoms with van der Waals surface area (Å²) < 4.78 is 0. The molecule has 0 aliphatic carbocycles. The van der Waals surface area contributed by atoms with Crippen molar-refractivity contribution in [3.63, 3.8) is 0 Å². The van der Waals surface area contributed by atoms with Crippen molar-refractivity contribution in [1.82, 2.24) is 15.5 Å². The fourth-order valence-electron chi connectivity index (χ4n) is 1.72. The summed E-state index contributed by atoms with van der Waals surface area (Å²) in [5, 5.41) is 12.8. The van der Waals surface area contributed by atoms with Crippen LogP contribution in [0, 0.1) is 20.8 Å². The zero-order valence-corrected chi connectivity index (χ0v) is 10.7. The molecule has 2 heterocycles. The number of hydrogen-bond donors (Lipinski definition) is 2. The van der Waals surface area contributed by atoms with Gasteiger partial charge < -0.3 is 5.32 Å². The van der Waals surface area contributed by atoms with Crippen LogP contribution in [-0.4, -0.2) is 10.2 Å². The highest BCUT2D eigenvalue weighted by molar-refractivity contribution is 7.10. The van der Waals surface area contributed by atoms with E-state index < -0.39 is 0 Å². The van der Waals surface area contributed by atoms with Crippen LogP contribution in [0.1, 0.15) is 27.4 Å². The molecule has 0 fully saturated rings. The van der Waals surface area contributed by atoms with E-state index in [4.69, 9.17) is 0 Å². The van der Waals surface area contributed by atoms with Gasteiger partial charge in [0.1, 0.15) is 0 Å². The first-order valence-electron chi connectivity index (χ1n) is 5.42. The van der Waals surface area contributed by atoms with Crippen molar-refractivity contribution >= 4 is 11.3 Å². The van der Waals surface area contributed by atoms with Gasteiger partial charge in [0.15, 0.2) is 0 Å². The Kier molecular flexibility index (Phi) is 3.41. The Labute approximate surface area is 99.9 Å². The summed E-state index contributed by atoms with van der Waals surface area (Å²) in [5.41, 5.74) is 4.91. The number of thiophene rings is 1. The second-order valence-electron chi connectivity index (χ2n) is 4.04. The smallest absolute Gasteiger partial charge is 0.0638 e. The van der Waals surface area contributed by atoms with E-state index in [2.05, 4.69) is 40.8 Å². The molecule has 0 saturated heterocycles. The molecule has 16 heavy (non-hydrogen) atoms. The summed E-state index contributed by atoms with van der Waals surface area (Å²) in [6.07, 6.45) is 0. The van der Waals surface area contributed by atoms with Gasteiger partial charge in [0.25, 0.3) is 0 Å². The van der Waals surface area contributed by atoms with Crippen molar-refractivity contribution in [3.8, 4) is 0 Å². The fraction of sp³-hybridized carbons (Fsp3) is 0.417. The summed E-state index contributed by atoms with van der Waals surface area (Å²) in [6, 6.07) is 2.16. The summed E-state index contributed by atoms with van der Waals surface area (Å²) in [4.78, 5) is 1.42. The Morgan fingerprint density at radius 2 is 2.12 bits per heavy atom. The first-order valence-corrected chi connectivity index (χ1v) is 6.30. The lowest BCUT2D eigenvalue weighted by Crippen LogP contribution is -2.13. The van der Waals surface area contributed by atoms with E-state index in [9.17, 15) is 0 Å². The monoisotopic (exact) mass is 235 g/mol. The number of aromatic amines is 1. The Bertz CT molecular complexity index is 451. The lowest BCUT2D eigenvalue weighted by Gasteiger charge is -2.04. The highest BCUT2D eigenvalue weighted by atomic mass is 32.1. The minimum absolute atomic E-state index is 0.880. The maximum Gasteiger partial charge on any atom is 0.0638 e. The maximum absolute atomic E-state index is 4.19. The van der Waals surface area contributed by atoms with Gasteiger partial charge in [-0.15, -0.1) is 11.3 Å². The number of rotatable bonds is 4. The quantitative estimate of drug-likeness (QED) is 0.855. The van der Waals surface area contributed by atoms with E-state index in [1.165, 1.54) is 16.0 Å². The Hall–Kier alpha value is -1.13. The molecule has 0 atom stereocenters. The number of aromatic nitrogens is 2. The van der Waals surface area contributed by atoms with Gasteiger partial charge in [0.2, 0.25) is 0 Å². The lowest BCUT2D eigenvalue weighted by atomic mass is 10.2. The van der Waals surface area contributed by atoms with Crippen LogP contribution in [0.3, 0.4) is 0 Å². The van der Waals surface area contributed by atoms with Gasteiger partial charge in [-0.3, -0.25) is 5.10 Å². The molecule has 0 amide bonds. The Morgan fingerprint density at radius 1 is 1.31 bits per heavy atom. The predicted octanol–water partition coefficient (Wildman–Crippen LogP) is 2.69. The second-order valence-corrected chi connectivity index (χ2v) is 5.04. The van der Waals surface area contributed by atoms with E-state index in [1.807, 2.05) is 18.3 Å². The zero-order valence-electron chi connectivity index (χ0n) is 9.92. The summed E-state index contributed by atoms with van der Waals surface area (Å²) >= 11 is 1.81. The summed E-state index contributed by atoms with van der Waals surface area (Å²) in [6.45, 7) is 8.07. The highest BCUT2D eigenvalue weighted by Gasteiger charge is 2.06. The molecule has 0 radical (unpaired) electrons. The van der Waals surface area contributed by atoms with Crippen LogP contribution in [0.15, 0.2) is 11.4 Å². The van der Waals surface area contributed by atoms with Crippen LogP contribution < -0.4 is 5.32 Å². The van der Waals surface area contributed by atoms with Gasteiger partial charge in [-0.05, 0) is 37.8 Å². The molecule has 2 aromatic rings. The number of hydrogen-bond acceptors (Lipinski definition) is 3. The minimum Gasteiger partial charge on any atom is -0.308 e. The summed E-state index contributed by atoms with van der Waals surface area (Å²) in [5.74, 6) is 0. The molecule has 4 heteroatoms. The number of nitrogens with zero attached hydrogens (tertiary/aromatic N) is 1. The average molecular weight is 235 g/mol. The molecule has 0 unspecified atom stereocenters. The standard InChI is InChI=1S/C12H17N3S/c1-8-4-5-16-12(8)7-13-6-11-9(2)14-15-10(11)3/h4-5,13H,6-7H2,1-3H3,(H,14,15). The average Bonchev–Trinajstić information content (AvgIpc) is 2.79. The van der Waals surface area contributed by atoms with Crippen LogP contribution >= 0.6 is 11.3 Å². The topological polar surface area (TPSA) is 40.7 Å². The SMILES string of the molecule is Cc1ccsc1CNCc1c(C)n[nH]c1C. The highest BCUT2D eigenvalue weighted by Crippen LogP contribution is 2.15. The van der Waals surface area contributed by atoms with Gasteiger partial charge in [-0.1, -0.05) is 0 Å². The molecule has 2 N–H and O–H groups in total. The van der Waals surface area contributed by atoms with E-state index >= 15 is 0 Å². The lowest BCUT2D eigenvalue weighted by molar-refractivity contribution is 0.693. The minimum atomic E-state index is 0.880. The van der Waals surface area contributed by atoms with E-state index in [0.717, 1.165) is 24.5 Å². The van der Waals surface area contributed by atoms with Crippen molar-refractivity contribution in [2.75, 3.05) is 0 Å². The van der Waals surface area contributed by atoms with Crippen LogP contribution in [-0.2, 0) is 13.1 Å². The Morgan fingerprint density at radius 3 is 2.69 bits per heavy atom. The predicted molar refractivity (Wildman–Crippen MR) is 67.7 cm³/mol. The van der Waals surface area contributed by atoms with Crippen molar-refractivity contribution < 1.29 is 0 Å². The van der Waals surface area contributed by atoms with E-state index in [-0.39, 0.29) is 0 Å². The maximum atomic E-state index is 4.19. The third-order valence-corrected chi connectivity index (χ3v) is 3.86. The molecule has 86 valence electrons. The first kappa shape index (κ1) is 11.4. The molecule has 0 aromatic carbocycles. The summed E-state index contributed by atoms with van der Waals surface area (Å²) in [7, 11) is 0. The first-order chi connectivity index (χ1) is 7.68. The van der Waals surface area contributed by atoms with E-state index in [0.29, 0.717) is 0 Å². The molecular weight excluding hydrogens is 218 g/mol.